The minimum atomic E-state index is -2.78. The van der Waals surface area contributed by atoms with Crippen molar-refractivity contribution in [1.29, 1.82) is 0 Å². The van der Waals surface area contributed by atoms with Crippen LogP contribution < -0.4 is 36.3 Å². The summed E-state index contributed by atoms with van der Waals surface area (Å²) in [7, 11) is -4.60. The van der Waals surface area contributed by atoms with Gasteiger partial charge < -0.3 is 9.13 Å². The highest BCUT2D eigenvalue weighted by Gasteiger charge is 2.41. The Morgan fingerprint density at radius 2 is 0.629 bits per heavy atom. The fraction of sp³-hybridized carbons (Fsp3) is 0. The predicted octanol–water partition coefficient (Wildman–Crippen LogP) is 11.2. The van der Waals surface area contributed by atoms with Crippen LogP contribution in [-0.2, 0) is 0 Å². The van der Waals surface area contributed by atoms with E-state index in [9.17, 15) is 0 Å². The number of nitrogens with zero attached hydrogens (tertiary/aromatic N) is 2. The maximum absolute atomic E-state index is 2.78. The van der Waals surface area contributed by atoms with E-state index >= 15 is 0 Å². The normalized spacial score (nSPS) is 11.8. The first-order chi connectivity index (χ1) is 34.8. The molecule has 0 radical (unpaired) electrons. The van der Waals surface area contributed by atoms with E-state index in [1.54, 1.807) is 0 Å². The molecule has 2 aromatic heterocycles. The zero-order valence-corrected chi connectivity index (χ0v) is 40.8. The van der Waals surface area contributed by atoms with Gasteiger partial charge in [-0.2, -0.15) is 0 Å². The molecule has 0 N–H and O–H groups in total. The number of benzene rings is 11. The van der Waals surface area contributed by atoms with E-state index in [4.69, 9.17) is 0 Å². The van der Waals surface area contributed by atoms with Crippen molar-refractivity contribution in [2.75, 3.05) is 0 Å². The molecule has 0 aliphatic carbocycles. The number of hydrogen-bond donors (Lipinski definition) is 0. The van der Waals surface area contributed by atoms with Gasteiger partial charge in [-0.25, -0.2) is 0 Å². The van der Waals surface area contributed by atoms with Crippen LogP contribution >= 0.6 is 0 Å². The number of rotatable bonds is 10. The molecule has 11 aromatic carbocycles. The fourth-order valence-electron chi connectivity index (χ4n) is 11.6. The summed E-state index contributed by atoms with van der Waals surface area (Å²) >= 11 is 0. The minimum absolute atomic E-state index is 1.15. The van der Waals surface area contributed by atoms with Crippen molar-refractivity contribution in [3.05, 3.63) is 285 Å². The van der Waals surface area contributed by atoms with Gasteiger partial charge in [-0.1, -0.05) is 264 Å². The molecule has 0 unspecified atom stereocenters. The molecule has 13 rings (SSSR count). The summed E-state index contributed by atoms with van der Waals surface area (Å²) in [6, 6.07) is 107. The molecule has 0 aliphatic heterocycles. The van der Waals surface area contributed by atoms with Crippen LogP contribution in [-0.4, -0.2) is 26.0 Å². The quantitative estimate of drug-likeness (QED) is 0.0955. The molecule has 2 heterocycles. The Labute approximate surface area is 411 Å². The average Bonchev–Trinajstić information content (AvgIpc) is 3.95. The Kier molecular flexibility index (Phi) is 10.4. The highest BCUT2D eigenvalue weighted by Crippen LogP contribution is 2.40. The van der Waals surface area contributed by atoms with Crippen LogP contribution in [0.15, 0.2) is 285 Å². The van der Waals surface area contributed by atoms with Crippen molar-refractivity contribution < 1.29 is 0 Å². The lowest BCUT2D eigenvalue weighted by atomic mass is 10.0. The van der Waals surface area contributed by atoms with Crippen molar-refractivity contribution in [1.82, 2.24) is 9.13 Å². The van der Waals surface area contributed by atoms with Crippen LogP contribution in [0.4, 0.5) is 0 Å². The first-order valence-electron chi connectivity index (χ1n) is 24.3. The summed E-state index contributed by atoms with van der Waals surface area (Å²) in [5.41, 5.74) is 9.45. The second-order valence-electron chi connectivity index (χ2n) is 18.4. The summed E-state index contributed by atoms with van der Waals surface area (Å²) in [4.78, 5) is 0. The van der Waals surface area contributed by atoms with E-state index in [1.165, 1.54) is 91.0 Å². The van der Waals surface area contributed by atoms with Gasteiger partial charge in [-0.05, 0) is 57.1 Å². The summed E-state index contributed by atoms with van der Waals surface area (Å²) in [6.45, 7) is 0. The van der Waals surface area contributed by atoms with Gasteiger partial charge in [0.2, 0.25) is 0 Å². The molecule has 0 amide bonds. The topological polar surface area (TPSA) is 9.86 Å². The largest absolute Gasteiger partial charge is 0.309 e. The maximum atomic E-state index is 2.53. The average molecular weight is 925 g/mol. The highest BCUT2D eigenvalue weighted by molar-refractivity contribution is 7.20. The first kappa shape index (κ1) is 41.6. The molecule has 0 atom stereocenters. The zero-order chi connectivity index (χ0) is 46.4. The molecule has 0 saturated carbocycles. The lowest BCUT2D eigenvalue weighted by Crippen LogP contribution is -2.74. The van der Waals surface area contributed by atoms with Gasteiger partial charge in [0.15, 0.2) is 8.07 Å². The smallest absolute Gasteiger partial charge is 0.179 e. The van der Waals surface area contributed by atoms with Crippen molar-refractivity contribution >= 4 is 96.8 Å². The SMILES string of the molecule is c1ccc([SiH](c2ccccc2)c2ccc3c4ccccc4n(-c4ccccc4-c4ccccc4-n4c5ccccc5c5cc([Si](c6ccccc6)(c6ccccc6)c6ccccc6)ccc54)c3c2)cc1. The molecule has 0 aliphatic rings. The van der Waals surface area contributed by atoms with Gasteiger partial charge >= 0.3 is 0 Å². The van der Waals surface area contributed by atoms with Crippen LogP contribution in [0.2, 0.25) is 0 Å². The molecular weight excluding hydrogens is 877 g/mol. The predicted molar refractivity (Wildman–Crippen MR) is 303 cm³/mol. The summed E-state index contributed by atoms with van der Waals surface area (Å²) in [6.07, 6.45) is 0. The third kappa shape index (κ3) is 6.75. The summed E-state index contributed by atoms with van der Waals surface area (Å²) in [5.74, 6) is 0. The molecule has 4 heteroatoms. The van der Waals surface area contributed by atoms with E-state index in [2.05, 4.69) is 294 Å². The second-order valence-corrected chi connectivity index (χ2v) is 25.0. The molecule has 2 nitrogen and oxygen atoms in total. The highest BCUT2D eigenvalue weighted by atomic mass is 28.3. The van der Waals surface area contributed by atoms with Gasteiger partial charge in [0.1, 0.15) is 8.80 Å². The van der Waals surface area contributed by atoms with Crippen LogP contribution in [0.25, 0.3) is 66.1 Å². The van der Waals surface area contributed by atoms with E-state index < -0.39 is 16.9 Å². The number of para-hydroxylation sites is 4. The van der Waals surface area contributed by atoms with Crippen LogP contribution in [0.5, 0.6) is 0 Å². The summed E-state index contributed by atoms with van der Waals surface area (Å²) < 4.78 is 5.04. The van der Waals surface area contributed by atoms with Crippen LogP contribution in [0.3, 0.4) is 0 Å². The standard InChI is InChI=1S/C66H48N2Si2/c1-6-24-48(25-7-1)69(49-26-8-2-9-27-49)50-42-44-59-57-36-18-22-40-63(57)68(66(59)46-50)62-39-21-17-35-56(62)55-34-16-20-38-61(55)67-64-41-23-19-37-58(64)60-47-54(43-45-65(60)67)70(51-28-10-3-11-29-51,52-30-12-4-13-31-52)53-32-14-5-15-33-53/h1-47,69H. The third-order valence-electron chi connectivity index (χ3n) is 14.6. The molecular formula is C66H48N2Si2. The van der Waals surface area contributed by atoms with Crippen molar-refractivity contribution in [3.8, 4) is 22.5 Å². The van der Waals surface area contributed by atoms with Crippen LogP contribution in [0, 0.1) is 0 Å². The Bertz CT molecular complexity index is 3860. The Morgan fingerprint density at radius 3 is 1.14 bits per heavy atom. The monoisotopic (exact) mass is 924 g/mol. The van der Waals surface area contributed by atoms with E-state index in [-0.39, 0.29) is 0 Å². The van der Waals surface area contributed by atoms with Gasteiger partial charge in [0, 0.05) is 32.7 Å². The maximum Gasteiger partial charge on any atom is 0.179 e. The number of fused-ring (bicyclic) bond motifs is 6. The molecule has 0 fully saturated rings. The van der Waals surface area contributed by atoms with Gasteiger partial charge in [-0.3, -0.25) is 0 Å². The Hall–Kier alpha value is -8.55. The van der Waals surface area contributed by atoms with E-state index in [0.717, 1.165) is 11.4 Å². The number of aromatic nitrogens is 2. The second kappa shape index (κ2) is 17.5. The van der Waals surface area contributed by atoms with Gasteiger partial charge in [0.05, 0.1) is 33.4 Å². The number of hydrogen-bond acceptors (Lipinski definition) is 0. The van der Waals surface area contributed by atoms with Crippen molar-refractivity contribution in [2.24, 2.45) is 0 Å². The molecule has 0 saturated heterocycles. The lowest BCUT2D eigenvalue weighted by molar-refractivity contribution is 1.16. The van der Waals surface area contributed by atoms with Gasteiger partial charge in [0.25, 0.3) is 0 Å². The summed E-state index contributed by atoms with van der Waals surface area (Å²) in [5, 5.41) is 14.7. The fourth-order valence-corrected chi connectivity index (χ4v) is 19.4. The van der Waals surface area contributed by atoms with Crippen LogP contribution in [0.1, 0.15) is 0 Å². The molecule has 13 aromatic rings. The zero-order valence-electron chi connectivity index (χ0n) is 38.6. The molecule has 0 bridgehead atoms. The van der Waals surface area contributed by atoms with Crippen molar-refractivity contribution in [3.63, 3.8) is 0 Å². The van der Waals surface area contributed by atoms with E-state index in [1.807, 2.05) is 0 Å². The first-order valence-corrected chi connectivity index (χ1v) is 28.0. The minimum Gasteiger partial charge on any atom is -0.309 e. The van der Waals surface area contributed by atoms with E-state index in [0.29, 0.717) is 0 Å². The molecule has 0 spiro atoms. The lowest BCUT2D eigenvalue weighted by Gasteiger charge is -2.34. The Morgan fingerprint density at radius 1 is 0.243 bits per heavy atom. The molecule has 70 heavy (non-hydrogen) atoms. The van der Waals surface area contributed by atoms with Crippen molar-refractivity contribution in [2.45, 2.75) is 0 Å². The molecule has 330 valence electrons. The third-order valence-corrected chi connectivity index (χ3v) is 22.5. The van der Waals surface area contributed by atoms with Gasteiger partial charge in [-0.15, -0.1) is 0 Å². The Balaban J connectivity index is 1.03.